The van der Waals surface area contributed by atoms with E-state index in [1.165, 1.54) is 29.9 Å². The van der Waals surface area contributed by atoms with E-state index >= 15 is 0 Å². The van der Waals surface area contributed by atoms with Crippen LogP contribution in [0.4, 0.5) is 10.1 Å². The van der Waals surface area contributed by atoms with Crippen LogP contribution < -0.4 is 5.73 Å². The molecule has 0 aliphatic heterocycles. The molecule has 106 valence electrons. The number of hydrogen-bond donors (Lipinski definition) is 1. The smallest absolute Gasteiger partial charge is 0.180 e. The first kappa shape index (κ1) is 13.5. The number of carbonyl (C=O) groups excluding carboxylic acids is 1. The van der Waals surface area contributed by atoms with Gasteiger partial charge in [-0.15, -0.1) is 0 Å². The van der Waals surface area contributed by atoms with Crippen LogP contribution in [0.3, 0.4) is 0 Å². The third-order valence-electron chi connectivity index (χ3n) is 3.11. The number of nitrogens with two attached hydrogens (primary N) is 1. The summed E-state index contributed by atoms with van der Waals surface area (Å²) in [4.78, 5) is 15.4. The van der Waals surface area contributed by atoms with Crippen LogP contribution in [0.25, 0.3) is 16.8 Å². The van der Waals surface area contributed by atoms with Crippen molar-refractivity contribution in [2.75, 3.05) is 5.73 Å². The molecule has 7 heteroatoms. The molecule has 1 aromatic carbocycles. The first-order chi connectivity index (χ1) is 9.99. The number of ketones is 1. The van der Waals surface area contributed by atoms with Crippen LogP contribution in [0.1, 0.15) is 17.4 Å². The molecule has 0 bridgehead atoms. The zero-order valence-corrected chi connectivity index (χ0v) is 11.7. The number of halogens is 2. The monoisotopic (exact) mass is 304 g/mol. The Balaban J connectivity index is 2.23. The van der Waals surface area contributed by atoms with Gasteiger partial charge in [0.2, 0.25) is 0 Å². The molecule has 0 saturated carbocycles. The van der Waals surface area contributed by atoms with E-state index in [0.29, 0.717) is 16.9 Å². The Morgan fingerprint density at radius 3 is 2.81 bits per heavy atom. The van der Waals surface area contributed by atoms with Crippen molar-refractivity contribution in [1.82, 2.24) is 14.6 Å². The lowest BCUT2D eigenvalue weighted by Crippen LogP contribution is -1.99. The van der Waals surface area contributed by atoms with Gasteiger partial charge in [-0.3, -0.25) is 4.79 Å². The quantitative estimate of drug-likeness (QED) is 0.583. The third kappa shape index (κ3) is 2.13. The van der Waals surface area contributed by atoms with Gasteiger partial charge in [0.1, 0.15) is 17.8 Å². The van der Waals surface area contributed by atoms with Gasteiger partial charge in [-0.2, -0.15) is 5.10 Å². The fraction of sp³-hybridized carbons (Fsp3) is 0.0714. The molecule has 0 aliphatic carbocycles. The fourth-order valence-electron chi connectivity index (χ4n) is 2.10. The highest BCUT2D eigenvalue weighted by Gasteiger charge is 2.16. The number of rotatable bonds is 2. The summed E-state index contributed by atoms with van der Waals surface area (Å²) in [7, 11) is 0. The summed E-state index contributed by atoms with van der Waals surface area (Å²) in [6.07, 6.45) is 1.40. The van der Waals surface area contributed by atoms with Gasteiger partial charge in [0.25, 0.3) is 0 Å². The minimum Gasteiger partial charge on any atom is -0.398 e. The number of nitrogen functional groups attached to an aromatic ring is 1. The fourth-order valence-corrected chi connectivity index (χ4v) is 2.35. The number of Topliss-reactive ketones (excluding diaryl/α,β-unsaturated/α-hetero) is 1. The number of imidazole rings is 1. The average Bonchev–Trinajstić information content (AvgIpc) is 2.87. The first-order valence-corrected chi connectivity index (χ1v) is 6.46. The number of nitrogens with zero attached hydrogens (tertiary/aromatic N) is 3. The molecule has 0 spiro atoms. The molecule has 2 N–H and O–H groups in total. The maximum atomic E-state index is 14.0. The topological polar surface area (TPSA) is 73.3 Å². The standard InChI is InChI=1S/C14H10ClFN4O/c1-7(21)14-11-5-4-10(19-20(11)6-18-14)12-8(16)2-3-9(17)13(12)15/h2-6H,17H2,1H3. The minimum atomic E-state index is -0.520. The highest BCUT2D eigenvalue weighted by Crippen LogP contribution is 2.33. The van der Waals surface area contributed by atoms with Gasteiger partial charge >= 0.3 is 0 Å². The van der Waals surface area contributed by atoms with E-state index in [-0.39, 0.29) is 22.1 Å². The van der Waals surface area contributed by atoms with Crippen LogP contribution in [-0.4, -0.2) is 20.4 Å². The van der Waals surface area contributed by atoms with Crippen LogP contribution in [-0.2, 0) is 0 Å². The summed E-state index contributed by atoms with van der Waals surface area (Å²) >= 11 is 6.06. The number of fused-ring (bicyclic) bond motifs is 1. The zero-order chi connectivity index (χ0) is 15.1. The molecule has 3 rings (SSSR count). The van der Waals surface area contributed by atoms with Crippen molar-refractivity contribution >= 4 is 28.6 Å². The number of aromatic nitrogens is 3. The Bertz CT molecular complexity index is 875. The van der Waals surface area contributed by atoms with Gasteiger partial charge in [-0.25, -0.2) is 13.9 Å². The molecule has 0 aliphatic rings. The lowest BCUT2D eigenvalue weighted by Gasteiger charge is -2.08. The van der Waals surface area contributed by atoms with Gasteiger partial charge in [-0.05, 0) is 24.3 Å². The predicted octanol–water partition coefficient (Wildman–Crippen LogP) is 2.97. The Morgan fingerprint density at radius 2 is 2.10 bits per heavy atom. The summed E-state index contributed by atoms with van der Waals surface area (Å²) in [5.74, 6) is -0.687. The molecule has 2 heterocycles. The molecule has 3 aromatic rings. The number of carbonyl (C=O) groups is 1. The molecule has 5 nitrogen and oxygen atoms in total. The Hall–Kier alpha value is -2.47. The highest BCUT2D eigenvalue weighted by molar-refractivity contribution is 6.35. The molecule has 2 aromatic heterocycles. The Morgan fingerprint density at radius 1 is 1.33 bits per heavy atom. The van der Waals surface area contributed by atoms with Gasteiger partial charge in [-0.1, -0.05) is 11.6 Å². The van der Waals surface area contributed by atoms with Crippen LogP contribution in [0.2, 0.25) is 5.02 Å². The summed E-state index contributed by atoms with van der Waals surface area (Å²) in [5.41, 5.74) is 7.25. The normalized spacial score (nSPS) is 11.0. The van der Waals surface area contributed by atoms with Crippen LogP contribution in [0, 0.1) is 5.82 Å². The minimum absolute atomic E-state index is 0.105. The zero-order valence-electron chi connectivity index (χ0n) is 11.0. The lowest BCUT2D eigenvalue weighted by molar-refractivity contribution is 0.101. The van der Waals surface area contributed by atoms with Crippen molar-refractivity contribution in [3.8, 4) is 11.3 Å². The molecule has 21 heavy (non-hydrogen) atoms. The van der Waals surface area contributed by atoms with Gasteiger partial charge in [0, 0.05) is 6.92 Å². The van der Waals surface area contributed by atoms with Crippen molar-refractivity contribution in [3.63, 3.8) is 0 Å². The molecule has 0 radical (unpaired) electrons. The molecule has 0 saturated heterocycles. The van der Waals surface area contributed by atoms with Crippen molar-refractivity contribution < 1.29 is 9.18 Å². The second-order valence-electron chi connectivity index (χ2n) is 4.52. The molecular formula is C14H10ClFN4O. The van der Waals surface area contributed by atoms with E-state index in [4.69, 9.17) is 17.3 Å². The van der Waals surface area contributed by atoms with E-state index in [1.54, 1.807) is 12.1 Å². The summed E-state index contributed by atoms with van der Waals surface area (Å²) in [5, 5.41) is 4.34. The van der Waals surface area contributed by atoms with E-state index in [0.717, 1.165) is 0 Å². The SMILES string of the molecule is CC(=O)c1ncn2nc(-c3c(F)ccc(N)c3Cl)ccc12. The van der Waals surface area contributed by atoms with E-state index in [1.807, 2.05) is 0 Å². The van der Waals surface area contributed by atoms with Gasteiger partial charge < -0.3 is 5.73 Å². The van der Waals surface area contributed by atoms with Crippen LogP contribution in [0.15, 0.2) is 30.6 Å². The van der Waals surface area contributed by atoms with Crippen LogP contribution in [0.5, 0.6) is 0 Å². The Labute approximate surface area is 124 Å². The largest absolute Gasteiger partial charge is 0.398 e. The third-order valence-corrected chi connectivity index (χ3v) is 3.52. The van der Waals surface area contributed by atoms with E-state index in [2.05, 4.69) is 10.1 Å². The van der Waals surface area contributed by atoms with Crippen molar-refractivity contribution in [1.29, 1.82) is 0 Å². The average molecular weight is 305 g/mol. The predicted molar refractivity (Wildman–Crippen MR) is 77.8 cm³/mol. The second-order valence-corrected chi connectivity index (χ2v) is 4.90. The van der Waals surface area contributed by atoms with Gasteiger partial charge in [0.05, 0.1) is 27.5 Å². The molecular weight excluding hydrogens is 295 g/mol. The van der Waals surface area contributed by atoms with E-state index < -0.39 is 5.82 Å². The number of benzene rings is 1. The summed E-state index contributed by atoms with van der Waals surface area (Å²) in [6.45, 7) is 1.42. The summed E-state index contributed by atoms with van der Waals surface area (Å²) in [6, 6.07) is 5.85. The number of hydrogen-bond acceptors (Lipinski definition) is 4. The first-order valence-electron chi connectivity index (χ1n) is 6.08. The molecule has 0 unspecified atom stereocenters. The van der Waals surface area contributed by atoms with Crippen molar-refractivity contribution in [3.05, 3.63) is 47.1 Å². The van der Waals surface area contributed by atoms with Crippen LogP contribution >= 0.6 is 11.6 Å². The van der Waals surface area contributed by atoms with E-state index in [9.17, 15) is 9.18 Å². The van der Waals surface area contributed by atoms with Crippen molar-refractivity contribution in [2.24, 2.45) is 0 Å². The lowest BCUT2D eigenvalue weighted by atomic mass is 10.1. The molecule has 0 amide bonds. The molecule has 0 fully saturated rings. The second kappa shape index (κ2) is 4.82. The maximum Gasteiger partial charge on any atom is 0.180 e. The van der Waals surface area contributed by atoms with Crippen molar-refractivity contribution in [2.45, 2.75) is 6.92 Å². The summed E-state index contributed by atoms with van der Waals surface area (Å²) < 4.78 is 15.4. The van der Waals surface area contributed by atoms with Gasteiger partial charge in [0.15, 0.2) is 5.78 Å². The molecule has 0 atom stereocenters. The highest BCUT2D eigenvalue weighted by atomic mass is 35.5. The maximum absolute atomic E-state index is 14.0. The Kier molecular flexibility index (Phi) is 3.10. The number of anilines is 1.